The number of hydrogen-bond donors (Lipinski definition) is 6. The third-order valence-corrected chi connectivity index (χ3v) is 12.9. The Hall–Kier alpha value is -6.57. The van der Waals surface area contributed by atoms with E-state index in [1.165, 1.54) is 14.2 Å². The number of nitrogens with two attached hydrogens (primary N) is 1. The molecule has 2 saturated carbocycles. The number of primary amides is 1. The van der Waals surface area contributed by atoms with Gasteiger partial charge in [0.1, 0.15) is 23.7 Å². The standard InChI is InChI=1S/C45H54N10O7/c1-26(2)36(53-43(60)62-4)40(57)55-25-45(17-18-45)22-35(55)38-49-30-14-11-28(20-32(30)50-38)8-7-27-9-12-29(13-10-27)33-23-48-37(51-33)34-21-44(15-16-44)24-54(34)39(56)31(52-42(59)61-3)6-5-19-47-41(46)58/h9-14,20,23,26,31,34-36H,5-6,15-19,21-22,24-25H2,1-4H3,(H,48,51)(H,49,50)(H,52,59)(H,53,60)(H3,46,47,58)/t31-,34-,35-,36-/m0/s1. The fourth-order valence-electron chi connectivity index (χ4n) is 8.99. The second-order valence-electron chi connectivity index (χ2n) is 17.7. The van der Waals surface area contributed by atoms with Crippen LogP contribution in [-0.2, 0) is 19.1 Å². The van der Waals surface area contributed by atoms with E-state index in [1.54, 1.807) is 6.20 Å². The molecule has 4 heterocycles. The van der Waals surface area contributed by atoms with Gasteiger partial charge in [0.2, 0.25) is 11.8 Å². The Morgan fingerprint density at radius 2 is 1.45 bits per heavy atom. The third kappa shape index (κ3) is 9.04. The van der Waals surface area contributed by atoms with Crippen molar-refractivity contribution in [3.8, 4) is 23.1 Å². The fourth-order valence-corrected chi connectivity index (χ4v) is 8.99. The highest BCUT2D eigenvalue weighted by atomic mass is 16.5. The van der Waals surface area contributed by atoms with E-state index in [0.29, 0.717) is 31.8 Å². The van der Waals surface area contributed by atoms with Gasteiger partial charge in [-0.05, 0) is 104 Å². The van der Waals surface area contributed by atoms with Crippen molar-refractivity contribution in [2.45, 2.75) is 89.4 Å². The van der Waals surface area contributed by atoms with Gasteiger partial charge < -0.3 is 50.9 Å². The van der Waals surface area contributed by atoms with Crippen molar-refractivity contribution >= 4 is 41.1 Å². The number of ether oxygens (including phenoxy) is 2. The number of benzene rings is 2. The lowest BCUT2D eigenvalue weighted by Crippen LogP contribution is -2.51. The zero-order valence-electron chi connectivity index (χ0n) is 35.5. The van der Waals surface area contributed by atoms with Crippen molar-refractivity contribution in [3.05, 3.63) is 71.4 Å². The summed E-state index contributed by atoms with van der Waals surface area (Å²) in [4.78, 5) is 83.7. The number of amides is 6. The maximum atomic E-state index is 14.0. The summed E-state index contributed by atoms with van der Waals surface area (Å²) in [5, 5.41) is 7.94. The summed E-state index contributed by atoms with van der Waals surface area (Å²) in [5.41, 5.74) is 10.3. The summed E-state index contributed by atoms with van der Waals surface area (Å²) in [5.74, 6) is 7.48. The first-order valence-corrected chi connectivity index (χ1v) is 21.3. The number of H-pyrrole nitrogens is 2. The molecule has 6 amide bonds. The molecule has 17 nitrogen and oxygen atoms in total. The van der Waals surface area contributed by atoms with E-state index < -0.39 is 30.3 Å². The summed E-state index contributed by atoms with van der Waals surface area (Å²) in [6.45, 7) is 5.30. The Bertz CT molecular complexity index is 2420. The van der Waals surface area contributed by atoms with Crippen molar-refractivity contribution in [2.75, 3.05) is 33.9 Å². The van der Waals surface area contributed by atoms with Gasteiger partial charge >= 0.3 is 18.2 Å². The topological polar surface area (TPSA) is 230 Å². The second-order valence-corrected chi connectivity index (χ2v) is 17.7. The Labute approximate surface area is 359 Å². The van der Waals surface area contributed by atoms with Crippen LogP contribution in [-0.4, -0.2) is 106 Å². The number of likely N-dealkylation sites (tertiary alicyclic amines) is 2. The number of carbonyl (C=O) groups excluding carboxylic acids is 5. The Kier molecular flexibility index (Phi) is 11.6. The lowest BCUT2D eigenvalue weighted by Gasteiger charge is -2.30. The minimum absolute atomic E-state index is 0.0428. The molecule has 4 fully saturated rings. The maximum absolute atomic E-state index is 14.0. The van der Waals surface area contributed by atoms with Crippen LogP contribution in [0.3, 0.4) is 0 Å². The SMILES string of the molecule is COC(=O)N[C@@H](CCCNC(N)=O)C(=O)N1CC2(CC2)C[C@H]1c1ncc(-c2ccc(C#Cc3ccc4nc([C@@H]5CC6(CC6)CN5C(=O)[C@@H](NC(=O)OC)C(C)C)[nH]c4c3)cc2)[nH]1. The molecular formula is C45H54N10O7. The van der Waals surface area contributed by atoms with E-state index in [4.69, 9.17) is 25.2 Å². The highest BCUT2D eigenvalue weighted by Crippen LogP contribution is 2.59. The highest BCUT2D eigenvalue weighted by Gasteiger charge is 2.56. The number of rotatable bonds is 12. The number of hydrogen-bond acceptors (Lipinski definition) is 9. The first-order valence-electron chi connectivity index (χ1n) is 21.3. The molecule has 0 radical (unpaired) electrons. The third-order valence-electron chi connectivity index (χ3n) is 12.9. The number of urea groups is 1. The van der Waals surface area contributed by atoms with Gasteiger partial charge in [-0.1, -0.05) is 37.8 Å². The van der Waals surface area contributed by atoms with Gasteiger partial charge in [-0.3, -0.25) is 9.59 Å². The van der Waals surface area contributed by atoms with Crippen LogP contribution in [0.4, 0.5) is 14.4 Å². The smallest absolute Gasteiger partial charge is 0.407 e. The molecule has 4 atom stereocenters. The molecule has 2 aromatic heterocycles. The molecule has 0 unspecified atom stereocenters. The molecule has 4 aromatic rings. The predicted molar refractivity (Wildman–Crippen MR) is 228 cm³/mol. The van der Waals surface area contributed by atoms with E-state index in [9.17, 15) is 24.0 Å². The predicted octanol–water partition coefficient (Wildman–Crippen LogP) is 5.01. The van der Waals surface area contributed by atoms with Crippen LogP contribution in [0.25, 0.3) is 22.3 Å². The number of fused-ring (bicyclic) bond motifs is 1. The first kappa shape index (κ1) is 42.1. The normalized spacial score (nSPS) is 20.1. The van der Waals surface area contributed by atoms with Gasteiger partial charge in [-0.2, -0.15) is 0 Å². The molecule has 7 N–H and O–H groups in total. The number of aromatic amines is 2. The van der Waals surface area contributed by atoms with E-state index in [0.717, 1.165) is 77.8 Å². The zero-order chi connectivity index (χ0) is 43.8. The highest BCUT2D eigenvalue weighted by molar-refractivity contribution is 5.87. The number of nitrogens with zero attached hydrogens (tertiary/aromatic N) is 4. The minimum Gasteiger partial charge on any atom is -0.453 e. The van der Waals surface area contributed by atoms with Crippen molar-refractivity contribution in [1.29, 1.82) is 0 Å². The first-order chi connectivity index (χ1) is 29.8. The molecule has 2 spiro atoms. The Morgan fingerprint density at radius 3 is 2.08 bits per heavy atom. The largest absolute Gasteiger partial charge is 0.453 e. The van der Waals surface area contributed by atoms with Crippen LogP contribution in [0, 0.1) is 28.6 Å². The molecule has 62 heavy (non-hydrogen) atoms. The van der Waals surface area contributed by atoms with E-state index in [2.05, 4.69) is 37.8 Å². The molecule has 8 rings (SSSR count). The van der Waals surface area contributed by atoms with Crippen LogP contribution in [0.15, 0.2) is 48.7 Å². The van der Waals surface area contributed by atoms with Crippen LogP contribution in [0.5, 0.6) is 0 Å². The zero-order valence-corrected chi connectivity index (χ0v) is 35.5. The monoisotopic (exact) mass is 846 g/mol. The molecule has 0 bridgehead atoms. The molecule has 17 heteroatoms. The summed E-state index contributed by atoms with van der Waals surface area (Å²) in [6.07, 6.45) is 6.95. The van der Waals surface area contributed by atoms with Gasteiger partial charge in [0.15, 0.2) is 0 Å². The fraction of sp³-hybridized carbons (Fsp3) is 0.489. The summed E-state index contributed by atoms with van der Waals surface area (Å²) in [7, 11) is 2.55. The van der Waals surface area contributed by atoms with Gasteiger partial charge in [-0.15, -0.1) is 0 Å². The van der Waals surface area contributed by atoms with E-state index in [1.807, 2.05) is 66.1 Å². The van der Waals surface area contributed by atoms with E-state index in [-0.39, 0.29) is 47.2 Å². The molecule has 2 saturated heterocycles. The lowest BCUT2D eigenvalue weighted by atomic mass is 10.0. The van der Waals surface area contributed by atoms with Crippen LogP contribution in [0.2, 0.25) is 0 Å². The molecule has 2 aromatic carbocycles. The quantitative estimate of drug-likeness (QED) is 0.0830. The van der Waals surface area contributed by atoms with Gasteiger partial charge in [-0.25, -0.2) is 24.4 Å². The maximum Gasteiger partial charge on any atom is 0.407 e. The Balaban J connectivity index is 0.943. The lowest BCUT2D eigenvalue weighted by molar-refractivity contribution is -0.136. The van der Waals surface area contributed by atoms with Crippen molar-refractivity contribution < 1.29 is 33.4 Å². The Morgan fingerprint density at radius 1 is 0.839 bits per heavy atom. The van der Waals surface area contributed by atoms with Crippen molar-refractivity contribution in [2.24, 2.45) is 22.5 Å². The minimum atomic E-state index is -0.840. The van der Waals surface area contributed by atoms with Crippen LogP contribution in [0.1, 0.15) is 100 Å². The van der Waals surface area contributed by atoms with Gasteiger partial charge in [0.25, 0.3) is 0 Å². The van der Waals surface area contributed by atoms with Gasteiger partial charge in [0, 0.05) is 30.8 Å². The second kappa shape index (κ2) is 17.1. The average Bonchev–Trinajstić information content (AvgIpc) is 3.88. The molecule has 2 aliphatic carbocycles. The summed E-state index contributed by atoms with van der Waals surface area (Å²) >= 11 is 0. The molecule has 2 aliphatic heterocycles. The van der Waals surface area contributed by atoms with Crippen molar-refractivity contribution in [3.63, 3.8) is 0 Å². The van der Waals surface area contributed by atoms with Crippen LogP contribution >= 0.6 is 0 Å². The van der Waals surface area contributed by atoms with Gasteiger partial charge in [0.05, 0.1) is 49.2 Å². The number of imidazole rings is 2. The number of aromatic nitrogens is 4. The van der Waals surface area contributed by atoms with Crippen molar-refractivity contribution in [1.82, 2.24) is 45.7 Å². The number of carbonyl (C=O) groups is 5. The molecular weight excluding hydrogens is 793 g/mol. The average molecular weight is 847 g/mol. The molecule has 326 valence electrons. The van der Waals surface area contributed by atoms with Crippen LogP contribution < -0.4 is 21.7 Å². The number of nitrogens with one attached hydrogen (secondary N) is 5. The molecule has 4 aliphatic rings. The summed E-state index contributed by atoms with van der Waals surface area (Å²) in [6, 6.07) is 11.0. The number of methoxy groups -OCH3 is 2. The van der Waals surface area contributed by atoms with E-state index >= 15 is 0 Å². The summed E-state index contributed by atoms with van der Waals surface area (Å²) < 4.78 is 9.62. The number of alkyl carbamates (subject to hydrolysis) is 2.